The summed E-state index contributed by atoms with van der Waals surface area (Å²) in [7, 11) is -3.19. The van der Waals surface area contributed by atoms with Crippen LogP contribution in [0, 0.1) is 5.92 Å². The van der Waals surface area contributed by atoms with Crippen molar-refractivity contribution in [3.05, 3.63) is 47.4 Å². The van der Waals surface area contributed by atoms with Crippen LogP contribution in [0.2, 0.25) is 0 Å². The van der Waals surface area contributed by atoms with Crippen molar-refractivity contribution in [3.8, 4) is 0 Å². The third-order valence-electron chi connectivity index (χ3n) is 4.28. The molecule has 1 N–H and O–H groups in total. The van der Waals surface area contributed by atoms with E-state index in [2.05, 4.69) is 24.4 Å². The number of carbonyl (C=O) groups excluding carboxylic acids is 1. The first-order chi connectivity index (χ1) is 11.3. The number of nitrogens with one attached hydrogen (secondary N) is 1. The highest BCUT2D eigenvalue weighted by atomic mass is 32.2. The van der Waals surface area contributed by atoms with Crippen molar-refractivity contribution in [3.63, 3.8) is 0 Å². The highest BCUT2D eigenvalue weighted by molar-refractivity contribution is 7.93. The van der Waals surface area contributed by atoms with Gasteiger partial charge < -0.3 is 10.2 Å². The first kappa shape index (κ1) is 18.5. The van der Waals surface area contributed by atoms with E-state index >= 15 is 0 Å². The molecule has 5 nitrogen and oxygen atoms in total. The van der Waals surface area contributed by atoms with Crippen molar-refractivity contribution in [1.29, 1.82) is 0 Å². The average molecular weight is 350 g/mol. The number of benzene rings is 1. The van der Waals surface area contributed by atoms with Crippen LogP contribution in [-0.4, -0.2) is 38.2 Å². The Labute approximate surface area is 144 Å². The summed E-state index contributed by atoms with van der Waals surface area (Å²) in [6.07, 6.45) is 4.54. The van der Waals surface area contributed by atoms with Crippen molar-refractivity contribution in [2.75, 3.05) is 12.8 Å². The van der Waals surface area contributed by atoms with Gasteiger partial charge in [-0.05, 0) is 31.2 Å². The Morgan fingerprint density at radius 3 is 2.62 bits per heavy atom. The lowest BCUT2D eigenvalue weighted by atomic mass is 9.88. The van der Waals surface area contributed by atoms with Gasteiger partial charge in [0.05, 0.1) is 6.04 Å². The molecule has 1 saturated heterocycles. The zero-order chi connectivity index (χ0) is 17.7. The largest absolute Gasteiger partial charge is 0.332 e. The van der Waals surface area contributed by atoms with Crippen LogP contribution in [0.25, 0.3) is 0 Å². The number of amides is 2. The summed E-state index contributed by atoms with van der Waals surface area (Å²) in [4.78, 5) is 14.5. The Morgan fingerprint density at radius 1 is 1.33 bits per heavy atom. The van der Waals surface area contributed by atoms with Crippen LogP contribution in [0.5, 0.6) is 0 Å². The van der Waals surface area contributed by atoms with Gasteiger partial charge in [0.25, 0.3) is 0 Å². The monoisotopic (exact) mass is 350 g/mol. The van der Waals surface area contributed by atoms with Gasteiger partial charge in [0.1, 0.15) is 0 Å². The summed E-state index contributed by atoms with van der Waals surface area (Å²) in [6, 6.07) is 9.61. The fraction of sp³-hybridized carbons (Fsp3) is 0.500. The van der Waals surface area contributed by atoms with Gasteiger partial charge in [0, 0.05) is 24.3 Å². The first-order valence-electron chi connectivity index (χ1n) is 8.26. The number of urea groups is 1. The maximum absolute atomic E-state index is 12.7. The van der Waals surface area contributed by atoms with Crippen molar-refractivity contribution in [2.24, 2.45) is 5.92 Å². The van der Waals surface area contributed by atoms with E-state index in [9.17, 15) is 13.2 Å². The summed E-state index contributed by atoms with van der Waals surface area (Å²) in [6.45, 7) is 4.68. The number of hydrogen-bond donors (Lipinski definition) is 1. The van der Waals surface area contributed by atoms with Crippen LogP contribution in [0.1, 0.15) is 38.3 Å². The zero-order valence-corrected chi connectivity index (χ0v) is 15.3. The predicted molar refractivity (Wildman–Crippen MR) is 96.3 cm³/mol. The van der Waals surface area contributed by atoms with E-state index in [1.54, 1.807) is 6.92 Å². The highest BCUT2D eigenvalue weighted by Crippen LogP contribution is 2.33. The van der Waals surface area contributed by atoms with Gasteiger partial charge in [0.2, 0.25) is 0 Å². The normalized spacial score (nSPS) is 23.2. The molecule has 0 unspecified atom stereocenters. The van der Waals surface area contributed by atoms with Crippen molar-refractivity contribution >= 4 is 15.9 Å². The van der Waals surface area contributed by atoms with Crippen molar-refractivity contribution in [2.45, 2.75) is 38.8 Å². The van der Waals surface area contributed by atoms with E-state index in [0.717, 1.165) is 30.1 Å². The molecular formula is C18H26N2O3S. The number of nitrogens with zero attached hydrogens (tertiary/aromatic N) is 1. The molecule has 0 aromatic heterocycles. The number of carbonyl (C=O) groups is 1. The fourth-order valence-corrected chi connectivity index (χ4v) is 3.48. The molecular weight excluding hydrogens is 324 g/mol. The van der Waals surface area contributed by atoms with E-state index in [0.29, 0.717) is 12.5 Å². The average Bonchev–Trinajstić information content (AvgIpc) is 2.53. The molecule has 3 atom stereocenters. The lowest BCUT2D eigenvalue weighted by molar-refractivity contribution is 0.131. The minimum atomic E-state index is -3.19. The summed E-state index contributed by atoms with van der Waals surface area (Å²) in [5.74, 6) is 0.571. The highest BCUT2D eigenvalue weighted by Gasteiger charge is 2.31. The van der Waals surface area contributed by atoms with Gasteiger partial charge in [0.15, 0.2) is 9.84 Å². The van der Waals surface area contributed by atoms with E-state index in [1.165, 1.54) is 6.08 Å². The van der Waals surface area contributed by atoms with E-state index < -0.39 is 9.84 Å². The van der Waals surface area contributed by atoms with E-state index in [4.69, 9.17) is 0 Å². The quantitative estimate of drug-likeness (QED) is 0.907. The Hall–Kier alpha value is -1.82. The number of hydrogen-bond acceptors (Lipinski definition) is 3. The van der Waals surface area contributed by atoms with E-state index in [-0.39, 0.29) is 18.1 Å². The maximum Gasteiger partial charge on any atom is 0.318 e. The molecule has 1 aromatic carbocycles. The molecule has 0 spiro atoms. The molecule has 132 valence electrons. The van der Waals surface area contributed by atoms with E-state index in [1.807, 2.05) is 23.1 Å². The van der Waals surface area contributed by atoms with Crippen LogP contribution in [-0.2, 0) is 9.84 Å². The second-order valence-electron chi connectivity index (χ2n) is 6.65. The molecule has 24 heavy (non-hydrogen) atoms. The Morgan fingerprint density at radius 2 is 2.00 bits per heavy atom. The minimum Gasteiger partial charge on any atom is -0.332 e. The molecule has 1 aromatic rings. The molecule has 0 aliphatic carbocycles. The van der Waals surface area contributed by atoms with Gasteiger partial charge >= 0.3 is 6.03 Å². The summed E-state index contributed by atoms with van der Waals surface area (Å²) in [5.41, 5.74) is 1.14. The SMILES string of the molecule is C[C@@H]1CCN(C(=O)N[C@@H](C)/C=C/S(C)(=O)=O)[C@H](c2ccccc2)C1. The van der Waals surface area contributed by atoms with Crippen LogP contribution < -0.4 is 5.32 Å². The number of rotatable bonds is 4. The second kappa shape index (κ2) is 7.83. The molecule has 2 rings (SSSR count). The molecule has 0 saturated carbocycles. The van der Waals surface area contributed by atoms with Gasteiger partial charge in [-0.1, -0.05) is 43.3 Å². The summed E-state index contributed by atoms with van der Waals surface area (Å²) >= 11 is 0. The van der Waals surface area contributed by atoms with Gasteiger partial charge in [-0.3, -0.25) is 0 Å². The molecule has 1 aliphatic rings. The number of piperidine rings is 1. The Kier molecular flexibility index (Phi) is 6.04. The van der Waals surface area contributed by atoms with Crippen molar-refractivity contribution < 1.29 is 13.2 Å². The minimum absolute atomic E-state index is 0.0565. The summed E-state index contributed by atoms with van der Waals surface area (Å²) < 4.78 is 22.4. The fourth-order valence-electron chi connectivity index (χ4n) is 2.96. The third kappa shape index (κ3) is 5.37. The molecule has 1 fully saturated rings. The van der Waals surface area contributed by atoms with Crippen LogP contribution in [0.4, 0.5) is 4.79 Å². The summed E-state index contributed by atoms with van der Waals surface area (Å²) in [5, 5.41) is 4.00. The zero-order valence-electron chi connectivity index (χ0n) is 14.5. The predicted octanol–water partition coefficient (Wildman–Crippen LogP) is 3.12. The molecule has 6 heteroatoms. The second-order valence-corrected chi connectivity index (χ2v) is 8.58. The third-order valence-corrected chi connectivity index (χ3v) is 4.93. The standard InChI is InChI=1S/C18H26N2O3S/c1-14-9-11-20(17(13-14)16-7-5-4-6-8-16)18(21)19-15(2)10-12-24(3,22)23/h4-8,10,12,14-15,17H,9,11,13H2,1-3H3,(H,19,21)/b12-10+/t14-,15+,17+/m1/s1. The topological polar surface area (TPSA) is 66.5 Å². The number of sulfone groups is 1. The number of likely N-dealkylation sites (tertiary alicyclic amines) is 1. The Balaban J connectivity index is 2.09. The lowest BCUT2D eigenvalue weighted by Crippen LogP contribution is -2.48. The first-order valence-corrected chi connectivity index (χ1v) is 10.2. The molecule has 1 heterocycles. The smallest absolute Gasteiger partial charge is 0.318 e. The molecule has 2 amide bonds. The van der Waals surface area contributed by atoms with Gasteiger partial charge in [-0.15, -0.1) is 0 Å². The lowest BCUT2D eigenvalue weighted by Gasteiger charge is -2.39. The van der Waals surface area contributed by atoms with Gasteiger partial charge in [-0.2, -0.15) is 0 Å². The Bertz CT molecular complexity index is 685. The van der Waals surface area contributed by atoms with Crippen LogP contribution in [0.15, 0.2) is 41.8 Å². The molecule has 0 bridgehead atoms. The molecule has 0 radical (unpaired) electrons. The van der Waals surface area contributed by atoms with Crippen LogP contribution >= 0.6 is 0 Å². The van der Waals surface area contributed by atoms with Crippen molar-refractivity contribution in [1.82, 2.24) is 10.2 Å². The maximum atomic E-state index is 12.7. The van der Waals surface area contributed by atoms with Crippen LogP contribution in [0.3, 0.4) is 0 Å². The molecule has 1 aliphatic heterocycles. The van der Waals surface area contributed by atoms with Gasteiger partial charge in [-0.25, -0.2) is 13.2 Å².